The summed E-state index contributed by atoms with van der Waals surface area (Å²) in [7, 11) is 0. The highest BCUT2D eigenvalue weighted by Gasteiger charge is 2.13. The number of esters is 1. The quantitative estimate of drug-likeness (QED) is 0.443. The van der Waals surface area contributed by atoms with Crippen LogP contribution < -0.4 is 16.1 Å². The Labute approximate surface area is 179 Å². The molecule has 0 spiro atoms. The van der Waals surface area contributed by atoms with Crippen molar-refractivity contribution in [3.8, 4) is 5.69 Å². The van der Waals surface area contributed by atoms with E-state index in [9.17, 15) is 9.59 Å². The van der Waals surface area contributed by atoms with Crippen LogP contribution in [0.2, 0.25) is 0 Å². The number of para-hydroxylation sites is 2. The Morgan fingerprint density at radius 3 is 2.45 bits per heavy atom. The van der Waals surface area contributed by atoms with E-state index in [0.29, 0.717) is 29.1 Å². The lowest BCUT2D eigenvalue weighted by molar-refractivity contribution is -0.140. The molecular weight excluding hydrogens is 392 g/mol. The van der Waals surface area contributed by atoms with E-state index in [2.05, 4.69) is 15.6 Å². The highest BCUT2D eigenvalue weighted by molar-refractivity contribution is 5.86. The summed E-state index contributed by atoms with van der Waals surface area (Å²) >= 11 is 0. The molecule has 156 valence electrons. The van der Waals surface area contributed by atoms with Gasteiger partial charge in [0.2, 0.25) is 0 Å². The summed E-state index contributed by atoms with van der Waals surface area (Å²) in [6.45, 7) is 2.06. The van der Waals surface area contributed by atoms with Gasteiger partial charge in [-0.3, -0.25) is 14.2 Å². The fourth-order valence-corrected chi connectivity index (χ4v) is 3.30. The van der Waals surface area contributed by atoms with Crippen molar-refractivity contribution in [3.63, 3.8) is 0 Å². The smallest absolute Gasteiger partial charge is 0.325 e. The third kappa shape index (κ3) is 4.56. The summed E-state index contributed by atoms with van der Waals surface area (Å²) < 4.78 is 6.91. The van der Waals surface area contributed by atoms with Gasteiger partial charge in [0.05, 0.1) is 17.5 Å². The molecule has 0 unspecified atom stereocenters. The van der Waals surface area contributed by atoms with Crippen LogP contribution in [0.5, 0.6) is 0 Å². The second-order valence-electron chi connectivity index (χ2n) is 6.80. The molecule has 4 rings (SSSR count). The minimum atomic E-state index is -0.371. The first-order valence-electron chi connectivity index (χ1n) is 9.98. The van der Waals surface area contributed by atoms with Crippen molar-refractivity contribution in [2.75, 3.05) is 23.8 Å². The largest absolute Gasteiger partial charge is 0.465 e. The van der Waals surface area contributed by atoms with Crippen LogP contribution in [-0.4, -0.2) is 28.7 Å². The van der Waals surface area contributed by atoms with E-state index in [-0.39, 0.29) is 17.9 Å². The molecule has 7 heteroatoms. The molecule has 2 aromatic heterocycles. The first-order chi connectivity index (χ1) is 15.2. The molecule has 2 aromatic carbocycles. The number of benzene rings is 2. The van der Waals surface area contributed by atoms with Gasteiger partial charge in [-0.1, -0.05) is 36.4 Å². The lowest BCUT2D eigenvalue weighted by Crippen LogP contribution is -2.18. The Morgan fingerprint density at radius 2 is 1.74 bits per heavy atom. The van der Waals surface area contributed by atoms with E-state index in [4.69, 9.17) is 4.74 Å². The van der Waals surface area contributed by atoms with Crippen LogP contribution in [0.1, 0.15) is 6.92 Å². The van der Waals surface area contributed by atoms with Gasteiger partial charge in [-0.25, -0.2) is 4.98 Å². The van der Waals surface area contributed by atoms with Crippen LogP contribution in [-0.2, 0) is 9.53 Å². The predicted molar refractivity (Wildman–Crippen MR) is 122 cm³/mol. The van der Waals surface area contributed by atoms with E-state index >= 15 is 0 Å². The van der Waals surface area contributed by atoms with Gasteiger partial charge in [-0.2, -0.15) is 0 Å². The summed E-state index contributed by atoms with van der Waals surface area (Å²) in [4.78, 5) is 28.8. The van der Waals surface area contributed by atoms with E-state index in [1.807, 2.05) is 65.2 Å². The molecule has 0 saturated carbocycles. The molecule has 31 heavy (non-hydrogen) atoms. The summed E-state index contributed by atoms with van der Waals surface area (Å²) in [6, 6.07) is 22.7. The van der Waals surface area contributed by atoms with E-state index < -0.39 is 0 Å². The first-order valence-corrected chi connectivity index (χ1v) is 9.98. The third-order valence-corrected chi connectivity index (χ3v) is 4.68. The van der Waals surface area contributed by atoms with Crippen LogP contribution >= 0.6 is 0 Å². The Morgan fingerprint density at radius 1 is 1.03 bits per heavy atom. The van der Waals surface area contributed by atoms with Gasteiger partial charge in [0.15, 0.2) is 5.43 Å². The van der Waals surface area contributed by atoms with Crippen molar-refractivity contribution in [1.82, 2.24) is 9.55 Å². The number of nitrogens with one attached hydrogen (secondary N) is 2. The molecule has 0 atom stereocenters. The SMILES string of the molecule is CCOC(=O)CNc1cc2c(cn1)c(=O)cc(Nc1ccccc1)n2-c1ccccc1. The number of aromatic nitrogens is 2. The van der Waals surface area contributed by atoms with Crippen LogP contribution in [0.25, 0.3) is 16.6 Å². The van der Waals surface area contributed by atoms with Crippen molar-refractivity contribution < 1.29 is 9.53 Å². The first kappa shape index (κ1) is 20.2. The fourth-order valence-electron chi connectivity index (χ4n) is 3.30. The molecule has 0 aliphatic rings. The lowest BCUT2D eigenvalue weighted by Gasteiger charge is -2.19. The van der Waals surface area contributed by atoms with Crippen LogP contribution in [0, 0.1) is 0 Å². The number of nitrogens with zero attached hydrogens (tertiary/aromatic N) is 2. The molecule has 7 nitrogen and oxygen atoms in total. The van der Waals surface area contributed by atoms with E-state index in [1.54, 1.807) is 19.1 Å². The Hall–Kier alpha value is -4.13. The predicted octanol–water partition coefficient (Wildman–Crippen LogP) is 4.10. The number of rotatable bonds is 7. The maximum Gasteiger partial charge on any atom is 0.325 e. The molecule has 0 radical (unpaired) electrons. The molecule has 0 aliphatic heterocycles. The van der Waals surface area contributed by atoms with Gasteiger partial charge in [-0.05, 0) is 31.2 Å². The molecule has 2 heterocycles. The number of fused-ring (bicyclic) bond motifs is 1. The highest BCUT2D eigenvalue weighted by Crippen LogP contribution is 2.26. The minimum absolute atomic E-state index is 0.0100. The van der Waals surface area contributed by atoms with Gasteiger partial charge in [-0.15, -0.1) is 0 Å². The molecule has 2 N–H and O–H groups in total. The monoisotopic (exact) mass is 414 g/mol. The van der Waals surface area contributed by atoms with E-state index in [1.165, 1.54) is 6.20 Å². The maximum absolute atomic E-state index is 12.8. The van der Waals surface area contributed by atoms with Gasteiger partial charge in [0.25, 0.3) is 0 Å². The van der Waals surface area contributed by atoms with Gasteiger partial charge in [0.1, 0.15) is 18.2 Å². The Kier molecular flexibility index (Phi) is 5.93. The number of hydrogen-bond acceptors (Lipinski definition) is 6. The van der Waals surface area contributed by atoms with Crippen LogP contribution in [0.4, 0.5) is 17.3 Å². The summed E-state index contributed by atoms with van der Waals surface area (Å²) in [5.74, 6) is 0.725. The van der Waals surface area contributed by atoms with Crippen LogP contribution in [0.15, 0.2) is 83.8 Å². The highest BCUT2D eigenvalue weighted by atomic mass is 16.5. The summed E-state index contributed by atoms with van der Waals surface area (Å²) in [5, 5.41) is 6.78. The summed E-state index contributed by atoms with van der Waals surface area (Å²) in [6.07, 6.45) is 1.52. The number of carbonyl (C=O) groups excluding carboxylic acids is 1. The molecule has 0 fully saturated rings. The topological polar surface area (TPSA) is 85.2 Å². The van der Waals surface area contributed by atoms with Crippen molar-refractivity contribution in [1.29, 1.82) is 0 Å². The van der Waals surface area contributed by atoms with Crippen molar-refractivity contribution in [2.24, 2.45) is 0 Å². The second-order valence-corrected chi connectivity index (χ2v) is 6.80. The number of ether oxygens (including phenoxy) is 1. The zero-order chi connectivity index (χ0) is 21.6. The van der Waals surface area contributed by atoms with Gasteiger partial charge >= 0.3 is 5.97 Å². The number of pyridine rings is 2. The molecule has 0 amide bonds. The van der Waals surface area contributed by atoms with Crippen molar-refractivity contribution in [2.45, 2.75) is 6.92 Å². The Bertz CT molecular complexity index is 1250. The number of hydrogen-bond donors (Lipinski definition) is 2. The van der Waals surface area contributed by atoms with Crippen LogP contribution in [0.3, 0.4) is 0 Å². The molecule has 4 aromatic rings. The second kappa shape index (κ2) is 9.13. The zero-order valence-electron chi connectivity index (χ0n) is 17.0. The minimum Gasteiger partial charge on any atom is -0.465 e. The number of carbonyl (C=O) groups is 1. The maximum atomic E-state index is 12.8. The zero-order valence-corrected chi connectivity index (χ0v) is 17.0. The van der Waals surface area contributed by atoms with Crippen molar-refractivity contribution >= 4 is 34.2 Å². The molecular formula is C24H22N4O3. The standard InChI is InChI=1S/C24H22N4O3/c1-2-31-24(30)16-26-22-13-20-19(15-25-22)21(29)14-23(27-17-9-5-3-6-10-17)28(20)18-11-7-4-8-12-18/h3-15,27H,2,16H2,1H3,(H,25,26). The molecule has 0 bridgehead atoms. The third-order valence-electron chi connectivity index (χ3n) is 4.68. The Balaban J connectivity index is 1.84. The number of anilines is 3. The van der Waals surface area contributed by atoms with Crippen molar-refractivity contribution in [3.05, 3.63) is 89.2 Å². The fraction of sp³-hybridized carbons (Fsp3) is 0.125. The lowest BCUT2D eigenvalue weighted by atomic mass is 10.2. The van der Waals surface area contributed by atoms with Gasteiger partial charge < -0.3 is 15.4 Å². The normalized spacial score (nSPS) is 10.6. The molecule has 0 aliphatic carbocycles. The average Bonchev–Trinajstić information content (AvgIpc) is 2.79. The van der Waals surface area contributed by atoms with Gasteiger partial charge in [0, 0.05) is 29.7 Å². The molecule has 0 saturated heterocycles. The average molecular weight is 414 g/mol. The summed E-state index contributed by atoms with van der Waals surface area (Å²) in [5.41, 5.74) is 2.26. The van der Waals surface area contributed by atoms with E-state index in [0.717, 1.165) is 11.4 Å².